The number of hydrogen-bond acceptors (Lipinski definition) is 7. The van der Waals surface area contributed by atoms with Crippen molar-refractivity contribution >= 4 is 15.8 Å². The SMILES string of the molecule is CCC(c1ccc(C(F)(F)F)cc1CN(Cc1cc(C(F)(F)F)cc(C(F)(F)F)c1)c1nnn(C)n1)N1CCS(=O)(=O)CC1. The molecule has 1 aromatic heterocycles. The first-order valence-corrected chi connectivity index (χ1v) is 15.0. The second-order valence-electron chi connectivity index (χ2n) is 10.4. The van der Waals surface area contributed by atoms with Gasteiger partial charge in [0.25, 0.3) is 5.95 Å². The highest BCUT2D eigenvalue weighted by Gasteiger charge is 2.38. The van der Waals surface area contributed by atoms with E-state index in [0.29, 0.717) is 24.1 Å². The molecule has 0 N–H and O–H groups in total. The van der Waals surface area contributed by atoms with Crippen molar-refractivity contribution in [1.29, 1.82) is 0 Å². The van der Waals surface area contributed by atoms with Crippen molar-refractivity contribution < 1.29 is 47.9 Å². The molecular formula is C26H27F9N6O2S. The van der Waals surface area contributed by atoms with Gasteiger partial charge in [0.2, 0.25) is 0 Å². The summed E-state index contributed by atoms with van der Waals surface area (Å²) in [6.45, 7) is 0.916. The first-order chi connectivity index (χ1) is 20.3. The number of anilines is 1. The fourth-order valence-electron chi connectivity index (χ4n) is 5.09. The third kappa shape index (κ3) is 7.99. The highest BCUT2D eigenvalue weighted by Crippen LogP contribution is 2.38. The van der Waals surface area contributed by atoms with E-state index in [1.807, 2.05) is 4.90 Å². The van der Waals surface area contributed by atoms with Crippen molar-refractivity contribution in [2.45, 2.75) is 51.0 Å². The number of halogens is 9. The van der Waals surface area contributed by atoms with Crippen molar-refractivity contribution in [1.82, 2.24) is 25.1 Å². The normalized spacial score (nSPS) is 17.1. The molecule has 3 aromatic rings. The van der Waals surface area contributed by atoms with Gasteiger partial charge >= 0.3 is 18.5 Å². The predicted molar refractivity (Wildman–Crippen MR) is 140 cm³/mol. The van der Waals surface area contributed by atoms with Gasteiger partial charge in [-0.2, -0.15) is 44.3 Å². The molecule has 1 aliphatic rings. The van der Waals surface area contributed by atoms with Crippen LogP contribution in [0.2, 0.25) is 0 Å². The Morgan fingerprint density at radius 3 is 1.89 bits per heavy atom. The molecule has 0 spiro atoms. The molecule has 0 radical (unpaired) electrons. The quantitative estimate of drug-likeness (QED) is 0.289. The summed E-state index contributed by atoms with van der Waals surface area (Å²) in [6, 6.07) is 3.46. The molecule has 1 unspecified atom stereocenters. The third-order valence-corrected chi connectivity index (χ3v) is 8.81. The molecule has 0 aliphatic carbocycles. The van der Waals surface area contributed by atoms with Gasteiger partial charge in [0.15, 0.2) is 9.84 Å². The van der Waals surface area contributed by atoms with Gasteiger partial charge in [0, 0.05) is 32.2 Å². The van der Waals surface area contributed by atoms with Crippen LogP contribution in [0.25, 0.3) is 0 Å². The van der Waals surface area contributed by atoms with E-state index >= 15 is 0 Å². The lowest BCUT2D eigenvalue weighted by atomic mass is 9.94. The van der Waals surface area contributed by atoms with E-state index < -0.39 is 69.8 Å². The largest absolute Gasteiger partial charge is 0.416 e. The van der Waals surface area contributed by atoms with Crippen molar-refractivity contribution in [2.24, 2.45) is 7.05 Å². The Morgan fingerprint density at radius 1 is 0.841 bits per heavy atom. The van der Waals surface area contributed by atoms with Gasteiger partial charge in [-0.05, 0) is 58.7 Å². The smallest absolute Gasteiger partial charge is 0.330 e. The first-order valence-electron chi connectivity index (χ1n) is 13.2. The summed E-state index contributed by atoms with van der Waals surface area (Å²) in [6.07, 6.45) is -14.6. The summed E-state index contributed by atoms with van der Waals surface area (Å²) in [7, 11) is -1.92. The zero-order chi connectivity index (χ0) is 32.7. The molecule has 1 aliphatic heterocycles. The number of aromatic nitrogens is 4. The Bertz CT molecular complexity index is 1540. The maximum atomic E-state index is 13.8. The minimum absolute atomic E-state index is 0.0238. The average Bonchev–Trinajstić information content (AvgIpc) is 3.34. The fourth-order valence-corrected chi connectivity index (χ4v) is 6.32. The third-order valence-electron chi connectivity index (χ3n) is 7.20. The van der Waals surface area contributed by atoms with Gasteiger partial charge in [-0.15, -0.1) is 5.10 Å². The maximum Gasteiger partial charge on any atom is 0.416 e. The van der Waals surface area contributed by atoms with Crippen molar-refractivity contribution in [3.63, 3.8) is 0 Å². The number of alkyl halides is 9. The fraction of sp³-hybridized carbons (Fsp3) is 0.500. The van der Waals surface area contributed by atoms with Crippen molar-refractivity contribution in [2.75, 3.05) is 29.5 Å². The average molecular weight is 659 g/mol. The van der Waals surface area contributed by atoms with Gasteiger partial charge in [-0.1, -0.05) is 18.1 Å². The van der Waals surface area contributed by atoms with Crippen molar-refractivity contribution in [3.8, 4) is 0 Å². The molecule has 1 atom stereocenters. The van der Waals surface area contributed by atoms with Crippen LogP contribution in [0.1, 0.15) is 52.8 Å². The Hall–Kier alpha value is -3.41. The zero-order valence-corrected chi connectivity index (χ0v) is 24.1. The topological polar surface area (TPSA) is 84.2 Å². The van der Waals surface area contributed by atoms with Crippen LogP contribution in [0.3, 0.4) is 0 Å². The number of rotatable bonds is 8. The Labute approximate surface area is 246 Å². The standard InChI is InChI=1S/C26H27F9N6O2S/c1-3-22(40-6-8-44(42,43)9-7-40)21-5-4-18(24(27,28)29)12-17(21)15-41(23-36-38-39(2)37-23)14-16-10-19(25(30,31)32)13-20(11-16)26(33,34)35/h4-5,10-13,22H,3,6-9,14-15H2,1-2H3. The number of sulfone groups is 1. The summed E-state index contributed by atoms with van der Waals surface area (Å²) < 4.78 is 147. The molecule has 8 nitrogen and oxygen atoms in total. The Balaban J connectivity index is 1.81. The lowest BCUT2D eigenvalue weighted by Crippen LogP contribution is -2.42. The van der Waals surface area contributed by atoms with Gasteiger partial charge in [0.1, 0.15) is 0 Å². The van der Waals surface area contributed by atoms with Crippen LogP contribution < -0.4 is 4.90 Å². The van der Waals surface area contributed by atoms with Crippen LogP contribution in [0, 0.1) is 0 Å². The minimum Gasteiger partial charge on any atom is -0.330 e. The summed E-state index contributed by atoms with van der Waals surface area (Å²) in [4.78, 5) is 3.93. The molecule has 0 saturated carbocycles. The second-order valence-corrected chi connectivity index (χ2v) is 12.7. The van der Waals surface area contributed by atoms with E-state index in [0.717, 1.165) is 21.8 Å². The number of hydrogen-bond donors (Lipinski definition) is 0. The Morgan fingerprint density at radius 2 is 1.41 bits per heavy atom. The molecule has 18 heteroatoms. The second kappa shape index (κ2) is 12.2. The van der Waals surface area contributed by atoms with E-state index in [2.05, 4.69) is 15.4 Å². The van der Waals surface area contributed by atoms with Crippen LogP contribution in [-0.2, 0) is 48.5 Å². The number of nitrogens with zero attached hydrogens (tertiary/aromatic N) is 6. The van der Waals surface area contributed by atoms with Crippen LogP contribution in [0.15, 0.2) is 36.4 Å². The monoisotopic (exact) mass is 658 g/mol. The van der Waals surface area contributed by atoms with E-state index in [9.17, 15) is 47.9 Å². The van der Waals surface area contributed by atoms with Crippen LogP contribution in [-0.4, -0.2) is 58.1 Å². The summed E-state index contributed by atoms with van der Waals surface area (Å²) in [5.74, 6) is -0.544. The lowest BCUT2D eigenvalue weighted by Gasteiger charge is -2.36. The summed E-state index contributed by atoms with van der Waals surface area (Å²) in [5, 5.41) is 11.5. The molecule has 4 rings (SSSR count). The highest BCUT2D eigenvalue weighted by atomic mass is 32.2. The molecule has 2 heterocycles. The lowest BCUT2D eigenvalue weighted by molar-refractivity contribution is -0.143. The molecule has 2 aromatic carbocycles. The van der Waals surface area contributed by atoms with E-state index in [1.54, 1.807) is 6.92 Å². The summed E-state index contributed by atoms with van der Waals surface area (Å²) >= 11 is 0. The van der Waals surface area contributed by atoms with Gasteiger partial charge in [-0.3, -0.25) is 4.90 Å². The van der Waals surface area contributed by atoms with Gasteiger partial charge in [-0.25, -0.2) is 8.42 Å². The van der Waals surface area contributed by atoms with Gasteiger partial charge in [0.05, 0.1) is 35.2 Å². The molecular weight excluding hydrogens is 631 g/mol. The van der Waals surface area contributed by atoms with Crippen LogP contribution in [0.4, 0.5) is 45.5 Å². The van der Waals surface area contributed by atoms with E-state index in [-0.39, 0.29) is 42.2 Å². The first kappa shape index (κ1) is 33.5. The van der Waals surface area contributed by atoms with Crippen molar-refractivity contribution in [3.05, 3.63) is 69.8 Å². The van der Waals surface area contributed by atoms with Crippen LogP contribution >= 0.6 is 0 Å². The zero-order valence-electron chi connectivity index (χ0n) is 23.3. The molecule has 44 heavy (non-hydrogen) atoms. The van der Waals surface area contributed by atoms with Gasteiger partial charge < -0.3 is 4.90 Å². The highest BCUT2D eigenvalue weighted by molar-refractivity contribution is 7.91. The molecule has 0 amide bonds. The minimum atomic E-state index is -5.11. The van der Waals surface area contributed by atoms with Crippen LogP contribution in [0.5, 0.6) is 0 Å². The molecule has 1 fully saturated rings. The molecule has 1 saturated heterocycles. The number of tetrazole rings is 1. The Kier molecular flexibility index (Phi) is 9.26. The predicted octanol–water partition coefficient (Wildman–Crippen LogP) is 5.65. The van der Waals surface area contributed by atoms with E-state index in [4.69, 9.17) is 0 Å². The molecule has 242 valence electrons. The maximum absolute atomic E-state index is 13.8. The summed E-state index contributed by atoms with van der Waals surface area (Å²) in [5.41, 5.74) is -4.15. The number of aryl methyl sites for hydroxylation is 1. The van der Waals surface area contributed by atoms with E-state index in [1.165, 1.54) is 13.1 Å². The molecule has 0 bridgehead atoms. The number of benzene rings is 2.